The normalized spacial score (nSPS) is 19.0. The Labute approximate surface area is 129 Å². The van der Waals surface area contributed by atoms with Crippen molar-refractivity contribution in [3.8, 4) is 5.75 Å². The van der Waals surface area contributed by atoms with Gasteiger partial charge < -0.3 is 10.5 Å². The summed E-state index contributed by atoms with van der Waals surface area (Å²) >= 11 is 0. The molecule has 1 aromatic carbocycles. The fourth-order valence-corrected chi connectivity index (χ4v) is 4.08. The monoisotopic (exact) mass is 290 g/mol. The van der Waals surface area contributed by atoms with E-state index in [0.29, 0.717) is 0 Å². The van der Waals surface area contributed by atoms with Gasteiger partial charge in [0, 0.05) is 11.6 Å². The minimum absolute atomic E-state index is 0.0748. The molecule has 0 bridgehead atoms. The van der Waals surface area contributed by atoms with E-state index in [-0.39, 0.29) is 11.6 Å². The summed E-state index contributed by atoms with van der Waals surface area (Å²) < 4.78 is 5.32. The molecular formula is C18H30N2O. The third-order valence-electron chi connectivity index (χ3n) is 5.25. The lowest BCUT2D eigenvalue weighted by Crippen LogP contribution is -2.53. The van der Waals surface area contributed by atoms with Gasteiger partial charge in [-0.3, -0.25) is 4.90 Å². The Morgan fingerprint density at radius 3 is 2.33 bits per heavy atom. The maximum Gasteiger partial charge on any atom is 0.119 e. The third kappa shape index (κ3) is 2.95. The van der Waals surface area contributed by atoms with E-state index in [1.165, 1.54) is 36.8 Å². The maximum absolute atomic E-state index is 6.80. The van der Waals surface area contributed by atoms with Gasteiger partial charge in [0.25, 0.3) is 0 Å². The molecule has 0 saturated heterocycles. The summed E-state index contributed by atoms with van der Waals surface area (Å²) in [5, 5.41) is 0. The number of rotatable bonds is 6. The Kier molecular flexibility index (Phi) is 5.28. The minimum atomic E-state index is 0.0748. The first-order valence-electron chi connectivity index (χ1n) is 8.24. The van der Waals surface area contributed by atoms with E-state index in [1.54, 1.807) is 7.11 Å². The van der Waals surface area contributed by atoms with Gasteiger partial charge in [-0.1, -0.05) is 32.8 Å². The predicted octanol–water partition coefficient (Wildman–Crippen LogP) is 3.66. The van der Waals surface area contributed by atoms with Crippen LogP contribution in [-0.4, -0.2) is 30.6 Å². The van der Waals surface area contributed by atoms with E-state index in [4.69, 9.17) is 10.5 Å². The number of hydrogen-bond acceptors (Lipinski definition) is 3. The highest BCUT2D eigenvalue weighted by Gasteiger charge is 2.44. The molecule has 2 rings (SSSR count). The van der Waals surface area contributed by atoms with E-state index < -0.39 is 0 Å². The van der Waals surface area contributed by atoms with Crippen LogP contribution in [0.15, 0.2) is 18.2 Å². The van der Waals surface area contributed by atoms with E-state index in [0.717, 1.165) is 18.8 Å². The zero-order chi connectivity index (χ0) is 15.5. The molecule has 118 valence electrons. The molecule has 0 aromatic heterocycles. The number of aryl methyl sites for hydroxylation is 1. The first kappa shape index (κ1) is 16.3. The Morgan fingerprint density at radius 2 is 1.86 bits per heavy atom. The topological polar surface area (TPSA) is 38.5 Å². The largest absolute Gasteiger partial charge is 0.497 e. The average Bonchev–Trinajstić information content (AvgIpc) is 2.98. The minimum Gasteiger partial charge on any atom is -0.497 e. The SMILES string of the molecule is CCN(CC)C1(C(N)c2ccc(OC)cc2C)CCCC1. The van der Waals surface area contributed by atoms with Crippen LogP contribution < -0.4 is 10.5 Å². The molecule has 0 heterocycles. The number of nitrogens with zero attached hydrogens (tertiary/aromatic N) is 1. The summed E-state index contributed by atoms with van der Waals surface area (Å²) in [6.07, 6.45) is 5.00. The van der Waals surface area contributed by atoms with Crippen molar-refractivity contribution >= 4 is 0 Å². The van der Waals surface area contributed by atoms with Crippen LogP contribution in [-0.2, 0) is 0 Å². The van der Waals surface area contributed by atoms with E-state index in [9.17, 15) is 0 Å². The highest BCUT2D eigenvalue weighted by atomic mass is 16.5. The maximum atomic E-state index is 6.80. The van der Waals surface area contributed by atoms with Crippen molar-refractivity contribution in [2.24, 2.45) is 5.73 Å². The van der Waals surface area contributed by atoms with Gasteiger partial charge in [0.05, 0.1) is 7.11 Å². The number of ether oxygens (including phenoxy) is 1. The van der Waals surface area contributed by atoms with Crippen LogP contribution in [0.25, 0.3) is 0 Å². The Hall–Kier alpha value is -1.06. The molecule has 2 N–H and O–H groups in total. The quantitative estimate of drug-likeness (QED) is 0.869. The summed E-state index contributed by atoms with van der Waals surface area (Å²) in [4.78, 5) is 2.58. The Bertz CT molecular complexity index is 462. The molecule has 21 heavy (non-hydrogen) atoms. The van der Waals surface area contributed by atoms with E-state index >= 15 is 0 Å². The van der Waals surface area contributed by atoms with Crippen LogP contribution in [0.2, 0.25) is 0 Å². The fraction of sp³-hybridized carbons (Fsp3) is 0.667. The van der Waals surface area contributed by atoms with E-state index in [2.05, 4.69) is 37.8 Å². The Balaban J connectivity index is 2.37. The molecule has 3 heteroatoms. The molecule has 0 radical (unpaired) electrons. The second-order valence-electron chi connectivity index (χ2n) is 6.18. The van der Waals surface area contributed by atoms with Gasteiger partial charge in [0.2, 0.25) is 0 Å². The first-order chi connectivity index (χ1) is 10.1. The van der Waals surface area contributed by atoms with Gasteiger partial charge in [0.15, 0.2) is 0 Å². The number of benzene rings is 1. The van der Waals surface area contributed by atoms with Gasteiger partial charge in [-0.05, 0) is 56.1 Å². The van der Waals surface area contributed by atoms with Crippen LogP contribution >= 0.6 is 0 Å². The van der Waals surface area contributed by atoms with Crippen LogP contribution in [0.4, 0.5) is 0 Å². The van der Waals surface area contributed by atoms with Crippen LogP contribution in [0.1, 0.15) is 56.7 Å². The number of hydrogen-bond donors (Lipinski definition) is 1. The summed E-state index contributed by atoms with van der Waals surface area (Å²) in [6.45, 7) is 8.77. The zero-order valence-electron chi connectivity index (χ0n) is 14.0. The summed E-state index contributed by atoms with van der Waals surface area (Å²) in [6, 6.07) is 6.36. The lowest BCUT2D eigenvalue weighted by molar-refractivity contribution is 0.0768. The molecule has 1 saturated carbocycles. The van der Waals surface area contributed by atoms with Gasteiger partial charge in [-0.25, -0.2) is 0 Å². The second kappa shape index (κ2) is 6.80. The highest BCUT2D eigenvalue weighted by Crippen LogP contribution is 2.44. The van der Waals surface area contributed by atoms with Gasteiger partial charge in [-0.15, -0.1) is 0 Å². The van der Waals surface area contributed by atoms with Crippen molar-refractivity contribution in [2.45, 2.75) is 58.0 Å². The zero-order valence-corrected chi connectivity index (χ0v) is 14.0. The van der Waals surface area contributed by atoms with Crippen molar-refractivity contribution in [3.63, 3.8) is 0 Å². The summed E-state index contributed by atoms with van der Waals surface area (Å²) in [5.74, 6) is 0.909. The highest BCUT2D eigenvalue weighted by molar-refractivity contribution is 5.38. The average molecular weight is 290 g/mol. The lowest BCUT2D eigenvalue weighted by Gasteiger charge is -2.45. The molecular weight excluding hydrogens is 260 g/mol. The summed E-state index contributed by atoms with van der Waals surface area (Å²) in [7, 11) is 1.71. The van der Waals surface area contributed by atoms with Gasteiger partial charge in [-0.2, -0.15) is 0 Å². The van der Waals surface area contributed by atoms with Crippen molar-refractivity contribution in [3.05, 3.63) is 29.3 Å². The van der Waals surface area contributed by atoms with Crippen molar-refractivity contribution < 1.29 is 4.74 Å². The predicted molar refractivity (Wildman–Crippen MR) is 88.8 cm³/mol. The lowest BCUT2D eigenvalue weighted by atomic mass is 9.81. The van der Waals surface area contributed by atoms with Crippen LogP contribution in [0, 0.1) is 6.92 Å². The first-order valence-corrected chi connectivity index (χ1v) is 8.24. The molecule has 1 aromatic rings. The van der Waals surface area contributed by atoms with Gasteiger partial charge >= 0.3 is 0 Å². The number of methoxy groups -OCH3 is 1. The molecule has 3 nitrogen and oxygen atoms in total. The number of nitrogens with two attached hydrogens (primary N) is 1. The molecule has 1 aliphatic carbocycles. The van der Waals surface area contributed by atoms with Crippen molar-refractivity contribution in [2.75, 3.05) is 20.2 Å². The van der Waals surface area contributed by atoms with E-state index in [1.807, 2.05) is 6.07 Å². The summed E-state index contributed by atoms with van der Waals surface area (Å²) in [5.41, 5.74) is 9.43. The standard InChI is InChI=1S/C18H30N2O/c1-5-20(6-2)18(11-7-8-12-18)17(19)16-10-9-15(21-4)13-14(16)3/h9-10,13,17H,5-8,11-12,19H2,1-4H3. The van der Waals surface area contributed by atoms with Crippen LogP contribution in [0.5, 0.6) is 5.75 Å². The molecule has 0 aliphatic heterocycles. The fourth-order valence-electron chi connectivity index (χ4n) is 4.08. The second-order valence-corrected chi connectivity index (χ2v) is 6.18. The molecule has 1 unspecified atom stereocenters. The third-order valence-corrected chi connectivity index (χ3v) is 5.25. The molecule has 0 amide bonds. The number of likely N-dealkylation sites (N-methyl/N-ethyl adjacent to an activating group) is 1. The smallest absolute Gasteiger partial charge is 0.119 e. The van der Waals surface area contributed by atoms with Crippen LogP contribution in [0.3, 0.4) is 0 Å². The molecule has 0 spiro atoms. The molecule has 1 fully saturated rings. The molecule has 1 atom stereocenters. The van der Waals surface area contributed by atoms with Crippen molar-refractivity contribution in [1.29, 1.82) is 0 Å². The molecule has 1 aliphatic rings. The van der Waals surface area contributed by atoms with Gasteiger partial charge in [0.1, 0.15) is 5.75 Å². The van der Waals surface area contributed by atoms with Crippen molar-refractivity contribution in [1.82, 2.24) is 4.90 Å². The Morgan fingerprint density at radius 1 is 1.24 bits per heavy atom.